The Bertz CT molecular complexity index is 938. The van der Waals surface area contributed by atoms with Gasteiger partial charge in [0, 0.05) is 24.5 Å². The number of aromatic nitrogens is 2. The molecule has 2 aromatic carbocycles. The van der Waals surface area contributed by atoms with Gasteiger partial charge in [0.1, 0.15) is 12.4 Å². The first kappa shape index (κ1) is 17.6. The molecule has 140 valence electrons. The fraction of sp³-hybridized carbons (Fsp3) is 0.364. The SMILES string of the molecule is CC(C)ON=Cc1ccc2c(c1)ncn2-c1cccc(N2CCCCC2)c1. The fourth-order valence-corrected chi connectivity index (χ4v) is 3.52. The van der Waals surface area contributed by atoms with Crippen molar-refractivity contribution < 1.29 is 4.84 Å². The number of hydrogen-bond donors (Lipinski definition) is 0. The van der Waals surface area contributed by atoms with Crippen molar-refractivity contribution in [3.8, 4) is 5.69 Å². The van der Waals surface area contributed by atoms with E-state index in [4.69, 9.17) is 4.84 Å². The first-order valence-corrected chi connectivity index (χ1v) is 9.72. The summed E-state index contributed by atoms with van der Waals surface area (Å²) in [5.74, 6) is 0. The maximum Gasteiger partial charge on any atom is 0.122 e. The number of nitrogens with zero attached hydrogens (tertiary/aromatic N) is 4. The van der Waals surface area contributed by atoms with E-state index in [1.807, 2.05) is 32.3 Å². The lowest BCUT2D eigenvalue weighted by Gasteiger charge is -2.29. The molecule has 0 saturated carbocycles. The Balaban J connectivity index is 1.61. The van der Waals surface area contributed by atoms with E-state index >= 15 is 0 Å². The predicted molar refractivity (Wildman–Crippen MR) is 111 cm³/mol. The molecule has 5 heteroatoms. The molecule has 0 bridgehead atoms. The van der Waals surface area contributed by atoms with Crippen molar-refractivity contribution in [2.45, 2.75) is 39.2 Å². The minimum absolute atomic E-state index is 0.0800. The monoisotopic (exact) mass is 362 g/mol. The Hall–Kier alpha value is -2.82. The average molecular weight is 362 g/mol. The minimum atomic E-state index is 0.0800. The summed E-state index contributed by atoms with van der Waals surface area (Å²) in [5.41, 5.74) is 5.46. The normalized spacial score (nSPS) is 15.1. The molecule has 0 amide bonds. The van der Waals surface area contributed by atoms with E-state index in [1.165, 1.54) is 24.9 Å². The van der Waals surface area contributed by atoms with Crippen LogP contribution in [0.2, 0.25) is 0 Å². The fourth-order valence-electron chi connectivity index (χ4n) is 3.52. The van der Waals surface area contributed by atoms with Crippen LogP contribution in [0.4, 0.5) is 5.69 Å². The molecule has 1 aliphatic rings. The summed E-state index contributed by atoms with van der Waals surface area (Å²) in [4.78, 5) is 12.3. The second-order valence-electron chi connectivity index (χ2n) is 7.32. The zero-order chi connectivity index (χ0) is 18.6. The van der Waals surface area contributed by atoms with Gasteiger partial charge in [-0.05, 0) is 69.0 Å². The number of oxime groups is 1. The van der Waals surface area contributed by atoms with Gasteiger partial charge < -0.3 is 9.74 Å². The number of rotatable bonds is 5. The summed E-state index contributed by atoms with van der Waals surface area (Å²) in [7, 11) is 0. The van der Waals surface area contributed by atoms with Gasteiger partial charge in [-0.25, -0.2) is 4.98 Å². The van der Waals surface area contributed by atoms with Crippen LogP contribution in [-0.2, 0) is 4.84 Å². The molecule has 0 spiro atoms. The number of fused-ring (bicyclic) bond motifs is 1. The van der Waals surface area contributed by atoms with E-state index in [2.05, 4.69) is 49.9 Å². The van der Waals surface area contributed by atoms with Gasteiger partial charge in [-0.2, -0.15) is 0 Å². The quantitative estimate of drug-likeness (QED) is 0.485. The van der Waals surface area contributed by atoms with E-state index in [0.29, 0.717) is 0 Å². The number of imidazole rings is 1. The second-order valence-corrected chi connectivity index (χ2v) is 7.32. The Morgan fingerprint density at radius 2 is 1.85 bits per heavy atom. The molecule has 0 atom stereocenters. The van der Waals surface area contributed by atoms with Crippen LogP contribution in [0.5, 0.6) is 0 Å². The summed E-state index contributed by atoms with van der Waals surface area (Å²) < 4.78 is 2.15. The number of hydrogen-bond acceptors (Lipinski definition) is 4. The van der Waals surface area contributed by atoms with E-state index in [9.17, 15) is 0 Å². The summed E-state index contributed by atoms with van der Waals surface area (Å²) in [5, 5.41) is 4.01. The molecular formula is C22H26N4O. The third-order valence-corrected chi connectivity index (χ3v) is 4.87. The van der Waals surface area contributed by atoms with E-state index in [0.717, 1.165) is 35.4 Å². The molecule has 0 radical (unpaired) electrons. The van der Waals surface area contributed by atoms with E-state index < -0.39 is 0 Å². The van der Waals surface area contributed by atoms with Crippen LogP contribution in [0.15, 0.2) is 53.9 Å². The summed E-state index contributed by atoms with van der Waals surface area (Å²) >= 11 is 0. The van der Waals surface area contributed by atoms with Gasteiger partial charge >= 0.3 is 0 Å². The maximum atomic E-state index is 5.24. The third kappa shape index (κ3) is 3.97. The lowest BCUT2D eigenvalue weighted by Crippen LogP contribution is -2.29. The number of piperidine rings is 1. The maximum absolute atomic E-state index is 5.24. The van der Waals surface area contributed by atoms with Crippen LogP contribution in [0.3, 0.4) is 0 Å². The Kier molecular flexibility index (Phi) is 5.10. The van der Waals surface area contributed by atoms with Crippen LogP contribution in [0.25, 0.3) is 16.7 Å². The van der Waals surface area contributed by atoms with Gasteiger partial charge in [0.2, 0.25) is 0 Å². The number of benzene rings is 2. The lowest BCUT2D eigenvalue weighted by molar-refractivity contribution is 0.0874. The van der Waals surface area contributed by atoms with Crippen molar-refractivity contribution in [3.05, 3.63) is 54.4 Å². The molecule has 3 aromatic rings. The van der Waals surface area contributed by atoms with Crippen LogP contribution in [-0.4, -0.2) is 35.0 Å². The highest BCUT2D eigenvalue weighted by Gasteiger charge is 2.12. The highest BCUT2D eigenvalue weighted by Crippen LogP contribution is 2.25. The van der Waals surface area contributed by atoms with E-state index in [1.54, 1.807) is 6.21 Å². The van der Waals surface area contributed by atoms with Crippen molar-refractivity contribution in [1.29, 1.82) is 0 Å². The molecular weight excluding hydrogens is 336 g/mol. The smallest absolute Gasteiger partial charge is 0.122 e. The van der Waals surface area contributed by atoms with Crippen LogP contribution in [0, 0.1) is 0 Å². The van der Waals surface area contributed by atoms with Crippen LogP contribution < -0.4 is 4.90 Å². The molecule has 5 nitrogen and oxygen atoms in total. The van der Waals surface area contributed by atoms with Gasteiger partial charge in [-0.1, -0.05) is 17.3 Å². The van der Waals surface area contributed by atoms with Gasteiger partial charge in [0.05, 0.1) is 17.2 Å². The zero-order valence-corrected chi connectivity index (χ0v) is 16.0. The van der Waals surface area contributed by atoms with E-state index in [-0.39, 0.29) is 6.10 Å². The molecule has 0 unspecified atom stereocenters. The van der Waals surface area contributed by atoms with Crippen molar-refractivity contribution in [2.75, 3.05) is 18.0 Å². The standard InChI is InChI=1S/C22H26N4O/c1-17(2)27-24-15-18-9-10-22-21(13-18)23-16-26(22)20-8-6-7-19(14-20)25-11-4-3-5-12-25/h6-10,13-17H,3-5,11-12H2,1-2H3. The summed E-state index contributed by atoms with van der Waals surface area (Å²) in [6, 6.07) is 14.9. The van der Waals surface area contributed by atoms with Gasteiger partial charge in [0.15, 0.2) is 0 Å². The van der Waals surface area contributed by atoms with Crippen LogP contribution in [0.1, 0.15) is 38.7 Å². The topological polar surface area (TPSA) is 42.7 Å². The van der Waals surface area contributed by atoms with Gasteiger partial charge in [-0.3, -0.25) is 4.57 Å². The molecule has 1 saturated heterocycles. The molecule has 2 heterocycles. The zero-order valence-electron chi connectivity index (χ0n) is 16.0. The van der Waals surface area contributed by atoms with Crippen molar-refractivity contribution in [3.63, 3.8) is 0 Å². The molecule has 1 aromatic heterocycles. The van der Waals surface area contributed by atoms with Crippen molar-refractivity contribution in [1.82, 2.24) is 9.55 Å². The highest BCUT2D eigenvalue weighted by molar-refractivity contribution is 5.87. The molecule has 0 aliphatic carbocycles. The van der Waals surface area contributed by atoms with Crippen LogP contribution >= 0.6 is 0 Å². The summed E-state index contributed by atoms with van der Waals surface area (Å²) in [6.07, 6.45) is 7.61. The Morgan fingerprint density at radius 3 is 2.67 bits per heavy atom. The molecule has 1 aliphatic heterocycles. The largest absolute Gasteiger partial charge is 0.393 e. The highest BCUT2D eigenvalue weighted by atomic mass is 16.6. The first-order valence-electron chi connectivity index (χ1n) is 9.72. The molecule has 1 fully saturated rings. The summed E-state index contributed by atoms with van der Waals surface area (Å²) in [6.45, 7) is 6.21. The third-order valence-electron chi connectivity index (χ3n) is 4.87. The number of anilines is 1. The lowest BCUT2D eigenvalue weighted by atomic mass is 10.1. The van der Waals surface area contributed by atoms with Crippen molar-refractivity contribution in [2.24, 2.45) is 5.16 Å². The molecule has 0 N–H and O–H groups in total. The average Bonchev–Trinajstić information content (AvgIpc) is 3.12. The second kappa shape index (κ2) is 7.82. The minimum Gasteiger partial charge on any atom is -0.393 e. The predicted octanol–water partition coefficient (Wildman–Crippen LogP) is 4.77. The molecule has 27 heavy (non-hydrogen) atoms. The van der Waals surface area contributed by atoms with Crippen molar-refractivity contribution >= 4 is 22.9 Å². The molecule has 4 rings (SSSR count). The van der Waals surface area contributed by atoms with Gasteiger partial charge in [-0.15, -0.1) is 0 Å². The Morgan fingerprint density at radius 1 is 1.04 bits per heavy atom. The Labute approximate surface area is 160 Å². The first-order chi connectivity index (χ1) is 13.2. The van der Waals surface area contributed by atoms with Gasteiger partial charge in [0.25, 0.3) is 0 Å².